The number of rotatable bonds is 3. The van der Waals surface area contributed by atoms with Gasteiger partial charge >= 0.3 is 0 Å². The normalized spacial score (nSPS) is 23.1. The summed E-state index contributed by atoms with van der Waals surface area (Å²) in [6.45, 7) is 4.52. The summed E-state index contributed by atoms with van der Waals surface area (Å²) in [5.74, 6) is 1.20. The number of carbonyl (C=O) groups excluding carboxylic acids is 1. The van der Waals surface area contributed by atoms with Crippen LogP contribution in [0.2, 0.25) is 0 Å². The molecule has 2 aromatic heterocycles. The topological polar surface area (TPSA) is 59.8 Å². The molecule has 4 rings (SSSR count). The van der Waals surface area contributed by atoms with Crippen molar-refractivity contribution in [1.82, 2.24) is 19.9 Å². The second kappa shape index (κ2) is 6.90. The van der Waals surface area contributed by atoms with Crippen LogP contribution < -0.4 is 5.32 Å². The first-order valence-corrected chi connectivity index (χ1v) is 9.33. The highest BCUT2D eigenvalue weighted by atomic mass is 16.1. The van der Waals surface area contributed by atoms with Gasteiger partial charge in [-0.25, -0.2) is 9.97 Å². The van der Waals surface area contributed by atoms with E-state index in [0.717, 1.165) is 23.3 Å². The summed E-state index contributed by atoms with van der Waals surface area (Å²) in [4.78, 5) is 21.4. The van der Waals surface area contributed by atoms with Gasteiger partial charge in [-0.15, -0.1) is 0 Å². The van der Waals surface area contributed by atoms with Crippen molar-refractivity contribution in [2.45, 2.75) is 39.2 Å². The lowest BCUT2D eigenvalue weighted by atomic mass is 9.78. The Morgan fingerprint density at radius 3 is 2.73 bits per heavy atom. The van der Waals surface area contributed by atoms with Gasteiger partial charge in [-0.2, -0.15) is 0 Å². The lowest BCUT2D eigenvalue weighted by Crippen LogP contribution is -2.43. The van der Waals surface area contributed by atoms with E-state index in [1.54, 1.807) is 12.5 Å². The number of hydrogen-bond donors (Lipinski definition) is 1. The number of benzene rings is 1. The number of carbonyl (C=O) groups is 1. The van der Waals surface area contributed by atoms with Crippen molar-refractivity contribution in [3.05, 3.63) is 54.5 Å². The van der Waals surface area contributed by atoms with Crippen LogP contribution in [0, 0.1) is 11.8 Å². The smallest absolute Gasteiger partial charge is 0.251 e. The van der Waals surface area contributed by atoms with Crippen LogP contribution in [0.5, 0.6) is 0 Å². The standard InChI is InChI=1S/C21H24N4O/c1-14-5-3-6-18(15(14)2)24-21(26)16-8-10-17(11-9-16)25-13-23-19-7-4-12-22-20(19)25/h4,7-15,18H,3,5-6H2,1-2H3,(H,24,26)/t14-,15+,18-/m1/s1. The molecule has 1 aliphatic carbocycles. The summed E-state index contributed by atoms with van der Waals surface area (Å²) < 4.78 is 1.93. The fourth-order valence-electron chi connectivity index (χ4n) is 3.85. The molecule has 1 fully saturated rings. The van der Waals surface area contributed by atoms with Gasteiger partial charge in [-0.3, -0.25) is 9.36 Å². The van der Waals surface area contributed by atoms with Gasteiger partial charge in [0.05, 0.1) is 0 Å². The summed E-state index contributed by atoms with van der Waals surface area (Å²) >= 11 is 0. The van der Waals surface area contributed by atoms with Crippen LogP contribution in [0.4, 0.5) is 0 Å². The third-order valence-electron chi connectivity index (χ3n) is 5.74. The van der Waals surface area contributed by atoms with Gasteiger partial charge < -0.3 is 5.32 Å². The molecule has 5 heteroatoms. The predicted molar refractivity (Wildman–Crippen MR) is 102 cm³/mol. The maximum absolute atomic E-state index is 12.6. The van der Waals surface area contributed by atoms with E-state index in [1.807, 2.05) is 41.0 Å². The van der Waals surface area contributed by atoms with Crippen molar-refractivity contribution in [1.29, 1.82) is 0 Å². The Hall–Kier alpha value is -2.69. The number of nitrogens with one attached hydrogen (secondary N) is 1. The average molecular weight is 348 g/mol. The predicted octanol–water partition coefficient (Wildman–Crippen LogP) is 3.98. The summed E-state index contributed by atoms with van der Waals surface area (Å²) in [7, 11) is 0. The van der Waals surface area contributed by atoms with Crippen LogP contribution in [-0.4, -0.2) is 26.5 Å². The third kappa shape index (κ3) is 3.09. The minimum absolute atomic E-state index is 0.0103. The Morgan fingerprint density at radius 1 is 1.12 bits per heavy atom. The molecular formula is C21H24N4O. The highest BCUT2D eigenvalue weighted by Gasteiger charge is 2.28. The molecule has 1 saturated carbocycles. The number of pyridine rings is 1. The first-order chi connectivity index (χ1) is 12.6. The van der Waals surface area contributed by atoms with Gasteiger partial charge in [-0.1, -0.05) is 26.7 Å². The zero-order valence-corrected chi connectivity index (χ0v) is 15.2. The molecule has 1 aliphatic rings. The molecule has 0 radical (unpaired) electrons. The van der Waals surface area contributed by atoms with Gasteiger partial charge in [0, 0.05) is 23.5 Å². The highest BCUT2D eigenvalue weighted by Crippen LogP contribution is 2.29. The minimum atomic E-state index is 0.0103. The minimum Gasteiger partial charge on any atom is -0.349 e. The Balaban J connectivity index is 1.51. The summed E-state index contributed by atoms with van der Waals surface area (Å²) in [6.07, 6.45) is 7.04. The van der Waals surface area contributed by atoms with Crippen molar-refractivity contribution < 1.29 is 4.79 Å². The van der Waals surface area contributed by atoms with E-state index in [2.05, 4.69) is 29.1 Å². The van der Waals surface area contributed by atoms with Crippen LogP contribution in [0.25, 0.3) is 16.9 Å². The second-order valence-corrected chi connectivity index (χ2v) is 7.35. The maximum atomic E-state index is 12.6. The number of amides is 1. The summed E-state index contributed by atoms with van der Waals surface area (Å²) in [5.41, 5.74) is 3.31. The van der Waals surface area contributed by atoms with Crippen LogP contribution in [-0.2, 0) is 0 Å². The van der Waals surface area contributed by atoms with E-state index in [1.165, 1.54) is 12.8 Å². The Bertz CT molecular complexity index is 915. The molecule has 0 bridgehead atoms. The quantitative estimate of drug-likeness (QED) is 0.779. The van der Waals surface area contributed by atoms with Crippen molar-refractivity contribution in [3.8, 4) is 5.69 Å². The Morgan fingerprint density at radius 2 is 1.92 bits per heavy atom. The summed E-state index contributed by atoms with van der Waals surface area (Å²) in [6, 6.07) is 11.7. The first kappa shape index (κ1) is 16.8. The van der Waals surface area contributed by atoms with Gasteiger partial charge in [-0.05, 0) is 54.7 Å². The molecule has 2 heterocycles. The number of fused-ring (bicyclic) bond motifs is 1. The van der Waals surface area contributed by atoms with E-state index >= 15 is 0 Å². The lowest BCUT2D eigenvalue weighted by Gasteiger charge is -2.34. The highest BCUT2D eigenvalue weighted by molar-refractivity contribution is 5.94. The average Bonchev–Trinajstić information content (AvgIpc) is 3.10. The fourth-order valence-corrected chi connectivity index (χ4v) is 3.85. The zero-order chi connectivity index (χ0) is 18.1. The lowest BCUT2D eigenvalue weighted by molar-refractivity contribution is 0.0891. The van der Waals surface area contributed by atoms with Crippen LogP contribution in [0.3, 0.4) is 0 Å². The van der Waals surface area contributed by atoms with Gasteiger partial charge in [0.15, 0.2) is 5.65 Å². The molecule has 134 valence electrons. The molecule has 0 saturated heterocycles. The van der Waals surface area contributed by atoms with E-state index in [-0.39, 0.29) is 11.9 Å². The number of nitrogens with zero attached hydrogens (tertiary/aromatic N) is 3. The van der Waals surface area contributed by atoms with Gasteiger partial charge in [0.25, 0.3) is 5.91 Å². The molecule has 1 N–H and O–H groups in total. The first-order valence-electron chi connectivity index (χ1n) is 9.33. The van der Waals surface area contributed by atoms with Gasteiger partial charge in [0.2, 0.25) is 0 Å². The largest absolute Gasteiger partial charge is 0.349 e. The molecule has 26 heavy (non-hydrogen) atoms. The number of imidazole rings is 1. The van der Waals surface area contributed by atoms with E-state index < -0.39 is 0 Å². The SMILES string of the molecule is C[C@H]1[C@H](C)CCC[C@H]1NC(=O)c1ccc(-n2cnc3cccnc32)cc1. The van der Waals surface area contributed by atoms with Gasteiger partial charge in [0.1, 0.15) is 11.8 Å². The Kier molecular flexibility index (Phi) is 4.45. The van der Waals surface area contributed by atoms with E-state index in [4.69, 9.17) is 0 Å². The molecule has 5 nitrogen and oxygen atoms in total. The van der Waals surface area contributed by atoms with Crippen LogP contribution >= 0.6 is 0 Å². The number of hydrogen-bond acceptors (Lipinski definition) is 3. The molecule has 3 atom stereocenters. The second-order valence-electron chi connectivity index (χ2n) is 7.35. The molecular weight excluding hydrogens is 324 g/mol. The van der Waals surface area contributed by atoms with Crippen molar-refractivity contribution in [2.75, 3.05) is 0 Å². The van der Waals surface area contributed by atoms with Crippen LogP contribution in [0.15, 0.2) is 48.9 Å². The zero-order valence-electron chi connectivity index (χ0n) is 15.2. The summed E-state index contributed by atoms with van der Waals surface area (Å²) in [5, 5.41) is 3.23. The van der Waals surface area contributed by atoms with Crippen LogP contribution in [0.1, 0.15) is 43.5 Å². The molecule has 0 aliphatic heterocycles. The molecule has 3 aromatic rings. The monoisotopic (exact) mass is 348 g/mol. The molecule has 0 spiro atoms. The maximum Gasteiger partial charge on any atom is 0.251 e. The number of aromatic nitrogens is 3. The van der Waals surface area contributed by atoms with E-state index in [0.29, 0.717) is 17.4 Å². The molecule has 0 unspecified atom stereocenters. The van der Waals surface area contributed by atoms with E-state index in [9.17, 15) is 4.79 Å². The van der Waals surface area contributed by atoms with Crippen molar-refractivity contribution in [3.63, 3.8) is 0 Å². The Labute approximate surface area is 153 Å². The third-order valence-corrected chi connectivity index (χ3v) is 5.74. The molecule has 1 aromatic carbocycles. The van der Waals surface area contributed by atoms with Crippen molar-refractivity contribution in [2.24, 2.45) is 11.8 Å². The van der Waals surface area contributed by atoms with Crippen molar-refractivity contribution >= 4 is 17.1 Å². The molecule has 1 amide bonds. The fraction of sp³-hybridized carbons (Fsp3) is 0.381.